The number of benzene rings is 2. The van der Waals surface area contributed by atoms with Gasteiger partial charge in [-0.3, -0.25) is 4.79 Å². The molecule has 3 rings (SSSR count). The van der Waals surface area contributed by atoms with E-state index >= 15 is 0 Å². The Bertz CT molecular complexity index is 1010. The highest BCUT2D eigenvalue weighted by Crippen LogP contribution is 2.29. The average molecular weight is 401 g/mol. The number of halogens is 1. The highest BCUT2D eigenvalue weighted by atomic mass is 35.5. The summed E-state index contributed by atoms with van der Waals surface area (Å²) in [4.78, 5) is 14.2. The summed E-state index contributed by atoms with van der Waals surface area (Å²) < 4.78 is 0. The molecule has 0 amide bonds. The molecule has 6 heteroatoms. The molecule has 0 radical (unpaired) electrons. The van der Waals surface area contributed by atoms with Gasteiger partial charge in [0, 0.05) is 28.6 Å². The number of H-pyrrole nitrogens is 1. The second-order valence-corrected chi connectivity index (χ2v) is 8.13. The molecule has 2 aromatic carbocycles. The van der Waals surface area contributed by atoms with Gasteiger partial charge >= 0.3 is 0 Å². The molecule has 0 saturated carbocycles. The van der Waals surface area contributed by atoms with Crippen molar-refractivity contribution in [2.75, 3.05) is 6.54 Å². The summed E-state index contributed by atoms with van der Waals surface area (Å²) in [6.45, 7) is 4.55. The molecule has 0 unspecified atom stereocenters. The van der Waals surface area contributed by atoms with Crippen molar-refractivity contribution >= 4 is 22.5 Å². The number of aliphatic hydroxyl groups excluding tert-OH is 1. The second-order valence-electron chi connectivity index (χ2n) is 7.69. The molecule has 0 aliphatic rings. The number of phenols is 1. The molecule has 5 nitrogen and oxygen atoms in total. The van der Waals surface area contributed by atoms with Crippen LogP contribution in [0.2, 0.25) is 5.02 Å². The number of pyridine rings is 1. The minimum absolute atomic E-state index is 0.0140. The van der Waals surface area contributed by atoms with E-state index in [-0.39, 0.29) is 16.8 Å². The maximum Gasteiger partial charge on any atom is 0.248 e. The molecule has 3 aromatic rings. The number of nitrogens with one attached hydrogen (secondary N) is 2. The molecule has 0 fully saturated rings. The lowest BCUT2D eigenvalue weighted by Crippen LogP contribution is -2.42. The number of phenolic OH excluding ortho intramolecular Hbond substituents is 1. The molecule has 0 aliphatic carbocycles. The Morgan fingerprint density at radius 1 is 1.11 bits per heavy atom. The van der Waals surface area contributed by atoms with Crippen molar-refractivity contribution in [2.24, 2.45) is 0 Å². The Balaban J connectivity index is 1.66. The zero-order chi connectivity index (χ0) is 20.3. The van der Waals surface area contributed by atoms with Crippen LogP contribution >= 0.6 is 11.6 Å². The predicted octanol–water partition coefficient (Wildman–Crippen LogP) is 3.92. The fourth-order valence-corrected chi connectivity index (χ4v) is 3.35. The van der Waals surface area contributed by atoms with Crippen molar-refractivity contribution < 1.29 is 10.2 Å². The zero-order valence-electron chi connectivity index (χ0n) is 16.0. The first-order valence-electron chi connectivity index (χ1n) is 9.28. The Labute approximate surface area is 169 Å². The van der Waals surface area contributed by atoms with E-state index in [4.69, 9.17) is 11.6 Å². The number of aromatic nitrogens is 1. The fraction of sp³-hybridized carbons (Fsp3) is 0.318. The normalized spacial score (nSPS) is 13.0. The zero-order valence-corrected chi connectivity index (χ0v) is 16.8. The van der Waals surface area contributed by atoms with Crippen LogP contribution in [0.25, 0.3) is 10.9 Å². The molecule has 4 N–H and O–H groups in total. The maximum atomic E-state index is 11.5. The van der Waals surface area contributed by atoms with Gasteiger partial charge in [0.25, 0.3) is 0 Å². The third-order valence-corrected chi connectivity index (χ3v) is 5.24. The van der Waals surface area contributed by atoms with Gasteiger partial charge in [0.15, 0.2) is 0 Å². The molecule has 1 aromatic heterocycles. The van der Waals surface area contributed by atoms with Gasteiger partial charge in [0.05, 0.1) is 11.6 Å². The number of β-amino-alcohol motifs (C(OH)–C–C–N with tert-alkyl or cyclic N) is 1. The Hall–Kier alpha value is -2.34. The molecule has 28 heavy (non-hydrogen) atoms. The van der Waals surface area contributed by atoms with E-state index in [0.29, 0.717) is 23.0 Å². The van der Waals surface area contributed by atoms with Crippen LogP contribution in [0, 0.1) is 0 Å². The van der Waals surface area contributed by atoms with Crippen molar-refractivity contribution in [3.63, 3.8) is 0 Å². The second kappa shape index (κ2) is 8.35. The van der Waals surface area contributed by atoms with Crippen molar-refractivity contribution in [1.82, 2.24) is 10.3 Å². The first-order valence-corrected chi connectivity index (χ1v) is 9.65. The SMILES string of the molecule is CC(C)(CCc1ccc(Cl)cc1)NC[C@H](O)c1ccc(O)c2[nH]c(=O)ccc12. The molecule has 1 atom stereocenters. The van der Waals surface area contributed by atoms with Crippen LogP contribution in [0.5, 0.6) is 5.75 Å². The molecule has 148 valence electrons. The van der Waals surface area contributed by atoms with Crippen LogP contribution in [-0.4, -0.2) is 27.3 Å². The van der Waals surface area contributed by atoms with Crippen LogP contribution < -0.4 is 10.9 Å². The summed E-state index contributed by atoms with van der Waals surface area (Å²) in [6.07, 6.45) is 1.02. The third-order valence-electron chi connectivity index (χ3n) is 4.99. The smallest absolute Gasteiger partial charge is 0.248 e. The molecular weight excluding hydrogens is 376 g/mol. The Morgan fingerprint density at radius 3 is 2.54 bits per heavy atom. The summed E-state index contributed by atoms with van der Waals surface area (Å²) in [7, 11) is 0. The maximum absolute atomic E-state index is 11.5. The highest BCUT2D eigenvalue weighted by molar-refractivity contribution is 6.30. The minimum atomic E-state index is -0.774. The Kier molecular flexibility index (Phi) is 6.08. The number of aliphatic hydroxyl groups is 1. The molecule has 0 saturated heterocycles. The quantitative estimate of drug-likeness (QED) is 0.484. The number of hydrogen-bond donors (Lipinski definition) is 4. The fourth-order valence-electron chi connectivity index (χ4n) is 3.23. The van der Waals surface area contributed by atoms with Crippen LogP contribution in [-0.2, 0) is 6.42 Å². The van der Waals surface area contributed by atoms with Crippen LogP contribution in [0.1, 0.15) is 37.5 Å². The topological polar surface area (TPSA) is 85.3 Å². The number of rotatable bonds is 7. The standard InChI is InChI=1S/C22H25ClN2O3/c1-22(2,12-11-14-3-5-15(23)6-4-14)24-13-19(27)16-7-9-18(26)21-17(16)8-10-20(28)25-21/h3-10,19,24,26-27H,11-13H2,1-2H3,(H,25,28)/t19-/m0/s1. The van der Waals surface area contributed by atoms with E-state index < -0.39 is 6.10 Å². The van der Waals surface area contributed by atoms with Crippen LogP contribution in [0.3, 0.4) is 0 Å². The van der Waals surface area contributed by atoms with Crippen molar-refractivity contribution in [1.29, 1.82) is 0 Å². The lowest BCUT2D eigenvalue weighted by Gasteiger charge is -2.28. The van der Waals surface area contributed by atoms with E-state index in [1.54, 1.807) is 12.1 Å². The summed E-state index contributed by atoms with van der Waals surface area (Å²) >= 11 is 5.93. The highest BCUT2D eigenvalue weighted by Gasteiger charge is 2.20. The van der Waals surface area contributed by atoms with Gasteiger partial charge in [0.1, 0.15) is 5.75 Å². The number of aryl methyl sites for hydroxylation is 1. The van der Waals surface area contributed by atoms with E-state index in [9.17, 15) is 15.0 Å². The van der Waals surface area contributed by atoms with E-state index in [1.165, 1.54) is 17.7 Å². The first kappa shape index (κ1) is 20.4. The molecule has 1 heterocycles. The number of aromatic hydroxyl groups is 1. The van der Waals surface area contributed by atoms with Gasteiger partial charge in [-0.2, -0.15) is 0 Å². The largest absolute Gasteiger partial charge is 0.506 e. The molecular formula is C22H25ClN2O3. The van der Waals surface area contributed by atoms with Gasteiger partial charge in [-0.05, 0) is 62.1 Å². The first-order chi connectivity index (χ1) is 13.2. The lowest BCUT2D eigenvalue weighted by atomic mass is 9.94. The van der Waals surface area contributed by atoms with Crippen molar-refractivity contribution in [2.45, 2.75) is 38.3 Å². The number of fused-ring (bicyclic) bond motifs is 1. The lowest BCUT2D eigenvalue weighted by molar-refractivity contribution is 0.160. The van der Waals surface area contributed by atoms with Crippen molar-refractivity contribution in [3.8, 4) is 5.75 Å². The molecule has 0 aliphatic heterocycles. The van der Waals surface area contributed by atoms with Gasteiger partial charge in [-0.1, -0.05) is 29.8 Å². The third kappa shape index (κ3) is 4.93. The summed E-state index contributed by atoms with van der Waals surface area (Å²) in [5.74, 6) is -0.0140. The van der Waals surface area contributed by atoms with E-state index in [0.717, 1.165) is 17.9 Å². The van der Waals surface area contributed by atoms with Crippen LogP contribution in [0.15, 0.2) is 53.3 Å². The van der Waals surface area contributed by atoms with Gasteiger partial charge in [-0.25, -0.2) is 0 Å². The summed E-state index contributed by atoms with van der Waals surface area (Å²) in [5, 5.41) is 25.5. The monoisotopic (exact) mass is 400 g/mol. The summed E-state index contributed by atoms with van der Waals surface area (Å²) in [5.41, 5.74) is 1.74. The summed E-state index contributed by atoms with van der Waals surface area (Å²) in [6, 6.07) is 14.0. The average Bonchev–Trinajstić information content (AvgIpc) is 2.66. The van der Waals surface area contributed by atoms with Crippen LogP contribution in [0.4, 0.5) is 0 Å². The van der Waals surface area contributed by atoms with Gasteiger partial charge < -0.3 is 20.5 Å². The van der Waals surface area contributed by atoms with E-state index in [1.807, 2.05) is 24.3 Å². The number of aromatic amines is 1. The van der Waals surface area contributed by atoms with Gasteiger partial charge in [0.2, 0.25) is 5.56 Å². The van der Waals surface area contributed by atoms with E-state index in [2.05, 4.69) is 24.1 Å². The minimum Gasteiger partial charge on any atom is -0.506 e. The van der Waals surface area contributed by atoms with Crippen molar-refractivity contribution in [3.05, 3.63) is 75.0 Å². The molecule has 0 bridgehead atoms. The Morgan fingerprint density at radius 2 is 1.82 bits per heavy atom. The predicted molar refractivity (Wildman–Crippen MR) is 113 cm³/mol. The molecule has 0 spiro atoms. The van der Waals surface area contributed by atoms with Gasteiger partial charge in [-0.15, -0.1) is 0 Å². The number of hydrogen-bond acceptors (Lipinski definition) is 4.